The van der Waals surface area contributed by atoms with Crippen molar-refractivity contribution >= 4 is 0 Å². The first kappa shape index (κ1) is 26.0. The highest BCUT2D eigenvalue weighted by Crippen LogP contribution is 2.18. The van der Waals surface area contributed by atoms with Gasteiger partial charge < -0.3 is 20.5 Å². The fourth-order valence-electron chi connectivity index (χ4n) is 3.63. The fraction of sp³-hybridized carbons (Fsp3) is 0.500. The summed E-state index contributed by atoms with van der Waals surface area (Å²) in [7, 11) is 0. The molecule has 2 unspecified atom stereocenters. The van der Waals surface area contributed by atoms with Gasteiger partial charge in [-0.2, -0.15) is 5.26 Å². The van der Waals surface area contributed by atoms with Gasteiger partial charge in [-0.15, -0.1) is 0 Å². The number of halogens is 1. The van der Waals surface area contributed by atoms with Gasteiger partial charge in [-0.05, 0) is 69.5 Å². The van der Waals surface area contributed by atoms with E-state index in [0.29, 0.717) is 19.5 Å². The molecule has 174 valence electrons. The number of hydrogen-bond acceptors (Lipinski definition) is 5. The van der Waals surface area contributed by atoms with E-state index in [9.17, 15) is 9.50 Å². The largest absolute Gasteiger partial charge is 0.366 e. The molecule has 0 aliphatic heterocycles. The number of hydrogen-bond donors (Lipinski definition) is 3. The van der Waals surface area contributed by atoms with E-state index in [2.05, 4.69) is 29.7 Å². The lowest BCUT2D eigenvalue weighted by molar-refractivity contribution is -0.212. The van der Waals surface area contributed by atoms with Gasteiger partial charge in [0.25, 0.3) is 0 Å². The zero-order chi connectivity index (χ0) is 23.4. The Morgan fingerprint density at radius 2 is 1.88 bits per heavy atom. The first-order valence-corrected chi connectivity index (χ1v) is 11.4. The third kappa shape index (κ3) is 9.46. The molecule has 3 N–H and O–H groups in total. The number of nitrogens with zero attached hydrogens (tertiary/aromatic N) is 1. The van der Waals surface area contributed by atoms with Crippen LogP contribution in [0.1, 0.15) is 56.7 Å². The summed E-state index contributed by atoms with van der Waals surface area (Å²) in [6.45, 7) is 7.54. The van der Waals surface area contributed by atoms with E-state index in [1.54, 1.807) is 26.0 Å². The molecule has 2 aromatic rings. The van der Waals surface area contributed by atoms with Crippen LogP contribution in [0.5, 0.6) is 0 Å². The number of nitrogens with one attached hydrogen (secondary N) is 2. The van der Waals surface area contributed by atoms with Gasteiger partial charge >= 0.3 is 0 Å². The molecule has 6 heteroatoms. The second-order valence-electron chi connectivity index (χ2n) is 8.60. The number of benzene rings is 2. The average molecular weight is 442 g/mol. The molecule has 0 fully saturated rings. The van der Waals surface area contributed by atoms with Crippen LogP contribution in [0.3, 0.4) is 0 Å². The quantitative estimate of drug-likeness (QED) is 0.301. The van der Waals surface area contributed by atoms with Crippen molar-refractivity contribution in [2.75, 3.05) is 13.1 Å². The van der Waals surface area contributed by atoms with Crippen LogP contribution in [0, 0.1) is 17.1 Å². The fourth-order valence-corrected chi connectivity index (χ4v) is 3.63. The predicted molar refractivity (Wildman–Crippen MR) is 125 cm³/mol. The molecule has 0 saturated heterocycles. The molecule has 0 aromatic heterocycles. The van der Waals surface area contributed by atoms with Crippen molar-refractivity contribution in [3.05, 3.63) is 71.0 Å². The number of nitriles is 1. The van der Waals surface area contributed by atoms with Crippen LogP contribution >= 0.6 is 0 Å². The molecule has 5 nitrogen and oxygen atoms in total. The van der Waals surface area contributed by atoms with Crippen molar-refractivity contribution in [3.8, 4) is 6.07 Å². The summed E-state index contributed by atoms with van der Waals surface area (Å²) < 4.78 is 19.6. The van der Waals surface area contributed by atoms with Gasteiger partial charge in [-0.3, -0.25) is 0 Å². The summed E-state index contributed by atoms with van der Waals surface area (Å²) in [5, 5.41) is 26.3. The monoisotopic (exact) mass is 441 g/mol. The van der Waals surface area contributed by atoms with Crippen LogP contribution in [0.2, 0.25) is 0 Å². The molecule has 0 aliphatic rings. The van der Waals surface area contributed by atoms with Crippen molar-refractivity contribution in [2.45, 2.75) is 70.9 Å². The van der Waals surface area contributed by atoms with E-state index in [-0.39, 0.29) is 17.7 Å². The molecule has 0 spiro atoms. The zero-order valence-electron chi connectivity index (χ0n) is 19.4. The molecule has 0 aliphatic carbocycles. The molecule has 0 radical (unpaired) electrons. The maximum absolute atomic E-state index is 13.5. The van der Waals surface area contributed by atoms with Crippen molar-refractivity contribution in [2.24, 2.45) is 0 Å². The lowest BCUT2D eigenvalue weighted by Crippen LogP contribution is -2.48. The summed E-state index contributed by atoms with van der Waals surface area (Å²) in [6, 6.07) is 16.8. The second kappa shape index (κ2) is 13.3. The van der Waals surface area contributed by atoms with E-state index >= 15 is 0 Å². The Morgan fingerprint density at radius 3 is 2.53 bits per heavy atom. The van der Waals surface area contributed by atoms with Gasteiger partial charge in [-0.1, -0.05) is 49.7 Å². The second-order valence-corrected chi connectivity index (χ2v) is 8.60. The summed E-state index contributed by atoms with van der Waals surface area (Å²) in [4.78, 5) is 0. The Labute approximate surface area is 191 Å². The van der Waals surface area contributed by atoms with E-state index in [0.717, 1.165) is 31.4 Å². The minimum atomic E-state index is -1.25. The highest BCUT2D eigenvalue weighted by Gasteiger charge is 2.27. The average Bonchev–Trinajstić information content (AvgIpc) is 2.76. The Bertz CT molecular complexity index is 846. The highest BCUT2D eigenvalue weighted by atomic mass is 19.1. The van der Waals surface area contributed by atoms with Gasteiger partial charge in [0, 0.05) is 12.6 Å². The Kier molecular flexibility index (Phi) is 10.8. The van der Waals surface area contributed by atoms with Crippen LogP contribution in [-0.4, -0.2) is 36.1 Å². The standard InChI is InChI=1S/C26H36FN3O2/c1-4-5-14-30-24(17-20-9-7-6-8-10-20)25(32-26(2,3)31)13-15-29-19-21-11-12-23(27)22(16-21)18-28/h6-12,16,24-25,29-31H,4-5,13-15,17,19H2,1-3H3. The smallest absolute Gasteiger partial charge is 0.160 e. The van der Waals surface area contributed by atoms with Crippen LogP contribution < -0.4 is 10.6 Å². The minimum Gasteiger partial charge on any atom is -0.366 e. The van der Waals surface area contributed by atoms with Crippen LogP contribution in [0.25, 0.3) is 0 Å². The third-order valence-corrected chi connectivity index (χ3v) is 5.21. The summed E-state index contributed by atoms with van der Waals surface area (Å²) in [5.74, 6) is -1.75. The molecule has 2 aromatic carbocycles. The highest BCUT2D eigenvalue weighted by molar-refractivity contribution is 5.34. The topological polar surface area (TPSA) is 77.3 Å². The number of ether oxygens (including phenoxy) is 1. The Hall–Kier alpha value is -2.30. The van der Waals surface area contributed by atoms with Crippen LogP contribution in [-0.2, 0) is 17.7 Å². The van der Waals surface area contributed by atoms with Gasteiger partial charge in [0.1, 0.15) is 11.9 Å². The number of aliphatic hydroxyl groups is 1. The van der Waals surface area contributed by atoms with Crippen molar-refractivity contribution in [1.82, 2.24) is 10.6 Å². The summed E-state index contributed by atoms with van der Waals surface area (Å²) in [6.07, 6.45) is 3.46. The van der Waals surface area contributed by atoms with E-state index < -0.39 is 11.6 Å². The van der Waals surface area contributed by atoms with Gasteiger partial charge in [0.2, 0.25) is 0 Å². The third-order valence-electron chi connectivity index (χ3n) is 5.21. The number of rotatable bonds is 14. The lowest BCUT2D eigenvalue weighted by atomic mass is 9.98. The molecular formula is C26H36FN3O2. The Balaban J connectivity index is 2.03. The van der Waals surface area contributed by atoms with Gasteiger partial charge in [-0.25, -0.2) is 4.39 Å². The van der Waals surface area contributed by atoms with Gasteiger partial charge in [0.15, 0.2) is 5.79 Å². The number of unbranched alkanes of at least 4 members (excludes halogenated alkanes) is 1. The molecule has 0 saturated carbocycles. The van der Waals surface area contributed by atoms with E-state index in [1.807, 2.05) is 24.3 Å². The maximum atomic E-state index is 13.5. The maximum Gasteiger partial charge on any atom is 0.160 e. The molecule has 2 rings (SSSR count). The lowest BCUT2D eigenvalue weighted by Gasteiger charge is -2.33. The van der Waals surface area contributed by atoms with Crippen LogP contribution in [0.4, 0.5) is 4.39 Å². The first-order valence-electron chi connectivity index (χ1n) is 11.4. The SMILES string of the molecule is CCCCNC(Cc1ccccc1)C(CCNCc1ccc(F)c(C#N)c1)OC(C)(C)O. The predicted octanol–water partition coefficient (Wildman–Crippen LogP) is 4.29. The van der Waals surface area contributed by atoms with Gasteiger partial charge in [0.05, 0.1) is 11.7 Å². The molecular weight excluding hydrogens is 405 g/mol. The van der Waals surface area contributed by atoms with Crippen molar-refractivity contribution in [1.29, 1.82) is 5.26 Å². The molecule has 0 amide bonds. The molecule has 32 heavy (non-hydrogen) atoms. The normalized spacial score (nSPS) is 13.5. The van der Waals surface area contributed by atoms with E-state index in [4.69, 9.17) is 10.00 Å². The Morgan fingerprint density at radius 1 is 1.12 bits per heavy atom. The molecule has 0 heterocycles. The summed E-state index contributed by atoms with van der Waals surface area (Å²) >= 11 is 0. The summed E-state index contributed by atoms with van der Waals surface area (Å²) in [5.41, 5.74) is 2.12. The van der Waals surface area contributed by atoms with Crippen molar-refractivity contribution < 1.29 is 14.2 Å². The minimum absolute atomic E-state index is 0.0492. The molecule has 2 atom stereocenters. The first-order chi connectivity index (χ1) is 15.3. The van der Waals surface area contributed by atoms with Crippen LogP contribution in [0.15, 0.2) is 48.5 Å². The van der Waals surface area contributed by atoms with Crippen molar-refractivity contribution in [3.63, 3.8) is 0 Å². The molecule has 0 bridgehead atoms. The van der Waals surface area contributed by atoms with E-state index in [1.165, 1.54) is 11.6 Å². The zero-order valence-corrected chi connectivity index (χ0v) is 19.4.